The van der Waals surface area contributed by atoms with E-state index in [4.69, 9.17) is 14.2 Å². The maximum Gasteiger partial charge on any atom is 0.102 e. The van der Waals surface area contributed by atoms with E-state index in [0.29, 0.717) is 26.4 Å². The minimum atomic E-state index is -0.167. The molecular formula is C37H41NO3. The molecule has 4 aromatic rings. The standard InChI is InChI=1S/C37H41NO3/c1-2-15-34-24-36(40-27-32-20-11-5-12-21-32)37(41-28-33-22-13-6-14-23-33)35(29-39-26-31-18-9-4-10-19-31)38(34)25-30-16-7-3-8-17-30/h2-14,16-23,34-37H,1,15,24-29H2/t34-,35-,36-,37-/m1/s1. The SMILES string of the molecule is C=CC[C@@H]1C[C@@H](OCc2ccccc2)[C@H](OCc2ccccc2)[C@@H](COCc2ccccc2)N1Cc1ccccc1. The fourth-order valence-electron chi connectivity index (χ4n) is 5.70. The highest BCUT2D eigenvalue weighted by Crippen LogP contribution is 2.33. The third kappa shape index (κ3) is 8.48. The zero-order chi connectivity index (χ0) is 28.1. The Hall–Kier alpha value is -3.54. The van der Waals surface area contributed by atoms with Crippen LogP contribution in [-0.2, 0) is 40.6 Å². The van der Waals surface area contributed by atoms with Crippen LogP contribution in [0.1, 0.15) is 35.1 Å². The van der Waals surface area contributed by atoms with Gasteiger partial charge >= 0.3 is 0 Å². The summed E-state index contributed by atoms with van der Waals surface area (Å²) in [6.07, 6.45) is 3.52. The molecule has 4 aromatic carbocycles. The van der Waals surface area contributed by atoms with Crippen LogP contribution in [0.15, 0.2) is 134 Å². The Labute approximate surface area is 245 Å². The second-order valence-corrected chi connectivity index (χ2v) is 10.7. The first kappa shape index (κ1) is 29.0. The van der Waals surface area contributed by atoms with Gasteiger partial charge in [-0.1, -0.05) is 127 Å². The molecule has 1 saturated heterocycles. The molecule has 0 spiro atoms. The first-order chi connectivity index (χ1) is 20.3. The van der Waals surface area contributed by atoms with E-state index in [9.17, 15) is 0 Å². The minimum absolute atomic E-state index is 0.00195. The van der Waals surface area contributed by atoms with Gasteiger partial charge in [-0.15, -0.1) is 6.58 Å². The Balaban J connectivity index is 1.43. The number of hydrogen-bond donors (Lipinski definition) is 0. The van der Waals surface area contributed by atoms with Crippen molar-refractivity contribution in [1.82, 2.24) is 4.90 Å². The molecule has 0 amide bonds. The average Bonchev–Trinajstić information content (AvgIpc) is 3.03. The van der Waals surface area contributed by atoms with Gasteiger partial charge in [0.1, 0.15) is 6.10 Å². The van der Waals surface area contributed by atoms with Crippen molar-refractivity contribution in [2.75, 3.05) is 6.61 Å². The maximum absolute atomic E-state index is 6.81. The molecule has 0 saturated carbocycles. The second kappa shape index (κ2) is 15.5. The van der Waals surface area contributed by atoms with Crippen LogP contribution in [0.2, 0.25) is 0 Å². The van der Waals surface area contributed by atoms with Gasteiger partial charge in [-0.05, 0) is 35.1 Å². The number of likely N-dealkylation sites (tertiary alicyclic amines) is 1. The van der Waals surface area contributed by atoms with Crippen LogP contribution in [0, 0.1) is 0 Å². The van der Waals surface area contributed by atoms with Crippen LogP contribution in [0.4, 0.5) is 0 Å². The lowest BCUT2D eigenvalue weighted by atomic mass is 9.88. The summed E-state index contributed by atoms with van der Waals surface area (Å²) in [5.74, 6) is 0. The summed E-state index contributed by atoms with van der Waals surface area (Å²) in [6, 6.07) is 42.1. The molecule has 0 bridgehead atoms. The number of hydrogen-bond acceptors (Lipinski definition) is 4. The minimum Gasteiger partial charge on any atom is -0.375 e. The van der Waals surface area contributed by atoms with Gasteiger partial charge < -0.3 is 14.2 Å². The van der Waals surface area contributed by atoms with Crippen molar-refractivity contribution in [2.24, 2.45) is 0 Å². The molecule has 0 aromatic heterocycles. The van der Waals surface area contributed by atoms with Crippen LogP contribution in [-0.4, -0.2) is 35.8 Å². The van der Waals surface area contributed by atoms with Gasteiger partial charge in [0.15, 0.2) is 0 Å². The molecule has 1 aliphatic rings. The van der Waals surface area contributed by atoms with Crippen LogP contribution < -0.4 is 0 Å². The first-order valence-corrected chi connectivity index (χ1v) is 14.6. The van der Waals surface area contributed by atoms with Crippen LogP contribution >= 0.6 is 0 Å². The Morgan fingerprint density at radius 1 is 0.634 bits per heavy atom. The molecule has 4 atom stereocenters. The average molecular weight is 548 g/mol. The van der Waals surface area contributed by atoms with Crippen LogP contribution in [0.5, 0.6) is 0 Å². The molecule has 1 fully saturated rings. The summed E-state index contributed by atoms with van der Waals surface area (Å²) in [5.41, 5.74) is 4.76. The maximum atomic E-state index is 6.81. The quantitative estimate of drug-likeness (QED) is 0.152. The first-order valence-electron chi connectivity index (χ1n) is 14.6. The number of piperidine rings is 1. The zero-order valence-electron chi connectivity index (χ0n) is 23.8. The molecule has 41 heavy (non-hydrogen) atoms. The molecule has 1 aliphatic heterocycles. The Kier molecular flexibility index (Phi) is 10.9. The number of nitrogens with zero attached hydrogens (tertiary/aromatic N) is 1. The lowest BCUT2D eigenvalue weighted by Gasteiger charge is -2.49. The molecule has 4 nitrogen and oxygen atoms in total. The van der Waals surface area contributed by atoms with Gasteiger partial charge in [0, 0.05) is 12.6 Å². The van der Waals surface area contributed by atoms with Crippen molar-refractivity contribution in [3.63, 3.8) is 0 Å². The highest BCUT2D eigenvalue weighted by atomic mass is 16.5. The smallest absolute Gasteiger partial charge is 0.102 e. The van der Waals surface area contributed by atoms with Crippen LogP contribution in [0.25, 0.3) is 0 Å². The molecular weight excluding hydrogens is 506 g/mol. The molecule has 0 aliphatic carbocycles. The summed E-state index contributed by atoms with van der Waals surface area (Å²) < 4.78 is 19.9. The van der Waals surface area contributed by atoms with E-state index in [1.807, 2.05) is 24.3 Å². The van der Waals surface area contributed by atoms with Crippen molar-refractivity contribution < 1.29 is 14.2 Å². The van der Waals surface area contributed by atoms with E-state index < -0.39 is 0 Å². The third-order valence-electron chi connectivity index (χ3n) is 7.78. The molecule has 0 unspecified atom stereocenters. The molecule has 0 N–H and O–H groups in total. The van der Waals surface area contributed by atoms with Crippen molar-refractivity contribution in [1.29, 1.82) is 0 Å². The highest BCUT2D eigenvalue weighted by Gasteiger charge is 2.44. The van der Waals surface area contributed by atoms with Crippen LogP contribution in [0.3, 0.4) is 0 Å². The van der Waals surface area contributed by atoms with Crippen molar-refractivity contribution in [3.05, 3.63) is 156 Å². The van der Waals surface area contributed by atoms with Crippen molar-refractivity contribution in [3.8, 4) is 0 Å². The lowest BCUT2D eigenvalue weighted by Crippen LogP contribution is -2.61. The zero-order valence-corrected chi connectivity index (χ0v) is 23.8. The predicted octanol–water partition coefficient (Wildman–Crippen LogP) is 7.59. The van der Waals surface area contributed by atoms with E-state index in [1.54, 1.807) is 0 Å². The largest absolute Gasteiger partial charge is 0.375 e. The summed E-state index contributed by atoms with van der Waals surface area (Å²) in [4.78, 5) is 2.57. The van der Waals surface area contributed by atoms with Gasteiger partial charge in [-0.25, -0.2) is 0 Å². The Morgan fingerprint density at radius 2 is 1.12 bits per heavy atom. The fraction of sp³-hybridized carbons (Fsp3) is 0.297. The lowest BCUT2D eigenvalue weighted by molar-refractivity contribution is -0.173. The van der Waals surface area contributed by atoms with E-state index in [0.717, 1.165) is 30.5 Å². The summed E-state index contributed by atoms with van der Waals surface area (Å²) >= 11 is 0. The summed E-state index contributed by atoms with van der Waals surface area (Å²) in [6.45, 7) is 7.10. The molecule has 5 rings (SSSR count). The van der Waals surface area contributed by atoms with Crippen molar-refractivity contribution in [2.45, 2.75) is 63.5 Å². The topological polar surface area (TPSA) is 30.9 Å². The van der Waals surface area contributed by atoms with E-state index >= 15 is 0 Å². The Morgan fingerprint density at radius 3 is 1.66 bits per heavy atom. The molecule has 0 radical (unpaired) electrons. The third-order valence-corrected chi connectivity index (χ3v) is 7.78. The van der Waals surface area contributed by atoms with Gasteiger partial charge in [0.05, 0.1) is 38.6 Å². The van der Waals surface area contributed by atoms with Gasteiger partial charge in [0.2, 0.25) is 0 Å². The van der Waals surface area contributed by atoms with E-state index in [1.165, 1.54) is 11.1 Å². The fourth-order valence-corrected chi connectivity index (χ4v) is 5.70. The monoisotopic (exact) mass is 547 g/mol. The number of ether oxygens (including phenoxy) is 3. The molecule has 4 heteroatoms. The second-order valence-electron chi connectivity index (χ2n) is 10.7. The van der Waals surface area contributed by atoms with Gasteiger partial charge in [0.25, 0.3) is 0 Å². The number of rotatable bonds is 14. The molecule has 1 heterocycles. The van der Waals surface area contributed by atoms with Crippen molar-refractivity contribution >= 4 is 0 Å². The Bertz CT molecular complexity index is 1280. The van der Waals surface area contributed by atoms with Gasteiger partial charge in [-0.3, -0.25) is 4.90 Å². The normalized spacial score (nSPS) is 21.0. The summed E-state index contributed by atoms with van der Waals surface area (Å²) in [7, 11) is 0. The number of benzene rings is 4. The predicted molar refractivity (Wildman–Crippen MR) is 165 cm³/mol. The molecule has 212 valence electrons. The van der Waals surface area contributed by atoms with E-state index in [-0.39, 0.29) is 24.3 Å². The van der Waals surface area contributed by atoms with E-state index in [2.05, 4.69) is 115 Å². The van der Waals surface area contributed by atoms with Gasteiger partial charge in [-0.2, -0.15) is 0 Å². The highest BCUT2D eigenvalue weighted by molar-refractivity contribution is 5.18. The summed E-state index contributed by atoms with van der Waals surface area (Å²) in [5, 5.41) is 0.